The number of rotatable bonds is 5. The van der Waals surface area contributed by atoms with Gasteiger partial charge >= 0.3 is 0 Å². The van der Waals surface area contributed by atoms with Gasteiger partial charge in [-0.15, -0.1) is 12.4 Å². The van der Waals surface area contributed by atoms with E-state index in [1.54, 1.807) is 0 Å². The highest BCUT2D eigenvalue weighted by Gasteiger charge is 2.25. The van der Waals surface area contributed by atoms with Crippen molar-refractivity contribution in [2.24, 2.45) is 11.7 Å². The zero-order valence-electron chi connectivity index (χ0n) is 13.5. The lowest BCUT2D eigenvalue weighted by molar-refractivity contribution is -0.117. The third-order valence-corrected chi connectivity index (χ3v) is 4.28. The van der Waals surface area contributed by atoms with Crippen molar-refractivity contribution < 1.29 is 9.53 Å². The van der Waals surface area contributed by atoms with E-state index in [0.29, 0.717) is 12.3 Å². The number of hydrogen-bond donors (Lipinski definition) is 2. The summed E-state index contributed by atoms with van der Waals surface area (Å²) in [7, 11) is 0. The van der Waals surface area contributed by atoms with E-state index in [4.69, 9.17) is 10.5 Å². The molecule has 4 nitrogen and oxygen atoms in total. The third kappa shape index (κ3) is 4.98. The molecule has 1 aliphatic rings. The highest BCUT2D eigenvalue weighted by atomic mass is 35.5. The van der Waals surface area contributed by atoms with Crippen molar-refractivity contribution in [3.05, 3.63) is 54.6 Å². The van der Waals surface area contributed by atoms with Crippen molar-refractivity contribution in [2.45, 2.75) is 31.7 Å². The average molecular weight is 347 g/mol. The number of halogens is 1. The molecule has 0 spiro atoms. The summed E-state index contributed by atoms with van der Waals surface area (Å²) in [6.45, 7) is 0. The van der Waals surface area contributed by atoms with Crippen LogP contribution < -0.4 is 15.8 Å². The summed E-state index contributed by atoms with van der Waals surface area (Å²) in [4.78, 5) is 12.1. The predicted octanol–water partition coefficient (Wildman–Crippen LogP) is 4.36. The lowest BCUT2D eigenvalue weighted by Crippen LogP contribution is -2.28. The Morgan fingerprint density at radius 3 is 2.33 bits per heavy atom. The summed E-state index contributed by atoms with van der Waals surface area (Å²) < 4.78 is 5.73. The maximum Gasteiger partial charge on any atom is 0.224 e. The standard InChI is InChI=1S/C19H22N2O2.ClH/c20-18-8-4-5-14(18)13-19(22)21-15-9-11-17(12-10-15)23-16-6-2-1-3-7-16;/h1-3,6-7,9-12,14,18H,4-5,8,13,20H2,(H,21,22);1H/t14-,18+;/m0./s1. The van der Waals surface area contributed by atoms with Crippen LogP contribution in [-0.4, -0.2) is 11.9 Å². The fourth-order valence-electron chi connectivity index (χ4n) is 3.00. The molecule has 2 aromatic carbocycles. The van der Waals surface area contributed by atoms with Crippen molar-refractivity contribution >= 4 is 24.0 Å². The maximum absolute atomic E-state index is 12.1. The monoisotopic (exact) mass is 346 g/mol. The maximum atomic E-state index is 12.1. The molecule has 0 aromatic heterocycles. The Morgan fingerprint density at radius 1 is 1.04 bits per heavy atom. The number of amides is 1. The number of nitrogens with one attached hydrogen (secondary N) is 1. The minimum absolute atomic E-state index is 0. The fraction of sp³-hybridized carbons (Fsp3) is 0.316. The minimum Gasteiger partial charge on any atom is -0.457 e. The number of para-hydroxylation sites is 1. The Morgan fingerprint density at radius 2 is 1.71 bits per heavy atom. The van der Waals surface area contributed by atoms with Gasteiger partial charge < -0.3 is 15.8 Å². The SMILES string of the molecule is Cl.N[C@@H]1CCC[C@H]1CC(=O)Nc1ccc(Oc2ccccc2)cc1. The van der Waals surface area contributed by atoms with Crippen LogP contribution in [0.4, 0.5) is 5.69 Å². The molecule has 1 amide bonds. The van der Waals surface area contributed by atoms with Crippen LogP contribution in [0.3, 0.4) is 0 Å². The van der Waals surface area contributed by atoms with E-state index < -0.39 is 0 Å². The molecule has 3 rings (SSSR count). The van der Waals surface area contributed by atoms with E-state index in [0.717, 1.165) is 36.4 Å². The largest absolute Gasteiger partial charge is 0.457 e. The zero-order valence-corrected chi connectivity index (χ0v) is 14.3. The molecule has 24 heavy (non-hydrogen) atoms. The Balaban J connectivity index is 0.00000208. The number of hydrogen-bond acceptors (Lipinski definition) is 3. The van der Waals surface area contributed by atoms with Crippen LogP contribution in [0.1, 0.15) is 25.7 Å². The molecule has 0 heterocycles. The van der Waals surface area contributed by atoms with Crippen LogP contribution in [0.2, 0.25) is 0 Å². The third-order valence-electron chi connectivity index (χ3n) is 4.28. The van der Waals surface area contributed by atoms with Crippen LogP contribution in [0, 0.1) is 5.92 Å². The molecule has 1 fully saturated rings. The van der Waals surface area contributed by atoms with Crippen molar-refractivity contribution in [2.75, 3.05) is 5.32 Å². The molecular weight excluding hydrogens is 324 g/mol. The van der Waals surface area contributed by atoms with Crippen molar-refractivity contribution in [3.8, 4) is 11.5 Å². The number of anilines is 1. The quantitative estimate of drug-likeness (QED) is 0.845. The van der Waals surface area contributed by atoms with Gasteiger partial charge in [0.05, 0.1) is 0 Å². The molecule has 0 saturated heterocycles. The molecule has 5 heteroatoms. The summed E-state index contributed by atoms with van der Waals surface area (Å²) in [6.07, 6.45) is 3.72. The summed E-state index contributed by atoms with van der Waals surface area (Å²) >= 11 is 0. The normalized spacial score (nSPS) is 19.4. The van der Waals surface area contributed by atoms with Crippen molar-refractivity contribution in [1.82, 2.24) is 0 Å². The molecule has 1 aliphatic carbocycles. The second-order valence-electron chi connectivity index (χ2n) is 6.05. The van der Waals surface area contributed by atoms with Gasteiger partial charge in [0.2, 0.25) is 5.91 Å². The smallest absolute Gasteiger partial charge is 0.224 e. The predicted molar refractivity (Wildman–Crippen MR) is 98.8 cm³/mol. The topological polar surface area (TPSA) is 64.4 Å². The van der Waals surface area contributed by atoms with Gasteiger partial charge in [0.15, 0.2) is 0 Å². The summed E-state index contributed by atoms with van der Waals surface area (Å²) in [5.74, 6) is 1.88. The molecule has 1 saturated carbocycles. The Bertz CT molecular complexity index is 646. The second kappa shape index (κ2) is 8.71. The van der Waals surface area contributed by atoms with Crippen LogP contribution >= 0.6 is 12.4 Å². The van der Waals surface area contributed by atoms with E-state index >= 15 is 0 Å². The highest BCUT2D eigenvalue weighted by Crippen LogP contribution is 2.27. The van der Waals surface area contributed by atoms with Crippen LogP contribution in [0.5, 0.6) is 11.5 Å². The first-order valence-corrected chi connectivity index (χ1v) is 8.09. The molecule has 3 N–H and O–H groups in total. The van der Waals surface area contributed by atoms with Crippen molar-refractivity contribution in [1.29, 1.82) is 0 Å². The second-order valence-corrected chi connectivity index (χ2v) is 6.05. The lowest BCUT2D eigenvalue weighted by atomic mass is 10.00. The number of nitrogens with two attached hydrogens (primary N) is 1. The molecule has 2 aromatic rings. The van der Waals surface area contributed by atoms with Crippen molar-refractivity contribution in [3.63, 3.8) is 0 Å². The molecule has 0 bridgehead atoms. The number of benzene rings is 2. The molecule has 2 atom stereocenters. The fourth-order valence-corrected chi connectivity index (χ4v) is 3.00. The van der Waals surface area contributed by atoms with Crippen LogP contribution in [-0.2, 0) is 4.79 Å². The summed E-state index contributed by atoms with van der Waals surface area (Å²) in [5, 5.41) is 2.93. The van der Waals surface area contributed by atoms with Crippen LogP contribution in [0.25, 0.3) is 0 Å². The average Bonchev–Trinajstić information content (AvgIpc) is 2.95. The number of carbonyl (C=O) groups is 1. The molecule has 0 aliphatic heterocycles. The molecule has 0 radical (unpaired) electrons. The Hall–Kier alpha value is -2.04. The van der Waals surface area contributed by atoms with Crippen LogP contribution in [0.15, 0.2) is 54.6 Å². The van der Waals surface area contributed by atoms with Gasteiger partial charge in [-0.3, -0.25) is 4.79 Å². The van der Waals surface area contributed by atoms with E-state index in [1.165, 1.54) is 0 Å². The number of carbonyl (C=O) groups excluding carboxylic acids is 1. The highest BCUT2D eigenvalue weighted by molar-refractivity contribution is 5.91. The van der Waals surface area contributed by atoms with Gasteiger partial charge in [-0.05, 0) is 55.2 Å². The van der Waals surface area contributed by atoms with Gasteiger partial charge in [-0.1, -0.05) is 24.6 Å². The van der Waals surface area contributed by atoms with E-state index in [-0.39, 0.29) is 24.4 Å². The van der Waals surface area contributed by atoms with Gasteiger partial charge in [-0.2, -0.15) is 0 Å². The first-order chi connectivity index (χ1) is 11.2. The van der Waals surface area contributed by atoms with Gasteiger partial charge in [-0.25, -0.2) is 0 Å². The summed E-state index contributed by atoms with van der Waals surface area (Å²) in [5.41, 5.74) is 6.80. The Kier molecular flexibility index (Phi) is 6.64. The molecular formula is C19H23ClN2O2. The van der Waals surface area contributed by atoms with E-state index in [9.17, 15) is 4.79 Å². The molecule has 128 valence electrons. The van der Waals surface area contributed by atoms with Gasteiger partial charge in [0.1, 0.15) is 11.5 Å². The van der Waals surface area contributed by atoms with Gasteiger partial charge in [0.25, 0.3) is 0 Å². The number of ether oxygens (including phenoxy) is 1. The van der Waals surface area contributed by atoms with E-state index in [2.05, 4.69) is 5.32 Å². The molecule has 0 unspecified atom stereocenters. The minimum atomic E-state index is 0. The van der Waals surface area contributed by atoms with E-state index in [1.807, 2.05) is 54.6 Å². The lowest BCUT2D eigenvalue weighted by Gasteiger charge is -2.15. The Labute approximate surface area is 148 Å². The first kappa shape index (κ1) is 18.3. The van der Waals surface area contributed by atoms with Gasteiger partial charge in [0, 0.05) is 18.2 Å². The zero-order chi connectivity index (χ0) is 16.1. The first-order valence-electron chi connectivity index (χ1n) is 8.09. The summed E-state index contributed by atoms with van der Waals surface area (Å²) in [6, 6.07) is 17.2.